The normalized spacial score (nSPS) is 17.8. The number of furan rings is 2. The Kier molecular flexibility index (Phi) is 14.0. The number of nitrogens with zero attached hydrogens (tertiary/aromatic N) is 6. The molecule has 4 N–H and O–H groups in total. The molecule has 296 valence electrons. The largest absolute Gasteiger partial charge is 0.480 e. The fourth-order valence-electron chi connectivity index (χ4n) is 5.47. The fourth-order valence-corrected chi connectivity index (χ4v) is 5.47. The number of carbonyl (C=O) groups excluding carboxylic acids is 4. The lowest BCUT2D eigenvalue weighted by Gasteiger charge is -2.21. The van der Waals surface area contributed by atoms with E-state index in [0.29, 0.717) is 11.5 Å². The van der Waals surface area contributed by atoms with Gasteiger partial charge in [0, 0.05) is 52.0 Å². The molecule has 0 aliphatic carbocycles. The molecule has 4 atom stereocenters. The van der Waals surface area contributed by atoms with E-state index in [2.05, 4.69) is 20.8 Å². The highest BCUT2D eigenvalue weighted by atomic mass is 16.6. The van der Waals surface area contributed by atoms with Crippen LogP contribution in [0.3, 0.4) is 0 Å². The van der Waals surface area contributed by atoms with Crippen molar-refractivity contribution in [3.05, 3.63) is 108 Å². The fraction of sp³-hybridized carbons (Fsp3) is 0.333. The first-order chi connectivity index (χ1) is 27.0. The smallest absolute Gasteiger partial charge is 0.324 e. The van der Waals surface area contributed by atoms with Crippen LogP contribution in [0.2, 0.25) is 0 Å². The van der Waals surface area contributed by atoms with Gasteiger partial charge in [-0.1, -0.05) is 6.07 Å². The number of hydrazine groups is 2. The van der Waals surface area contributed by atoms with Crippen LogP contribution < -0.4 is 10.9 Å². The van der Waals surface area contributed by atoms with Crippen LogP contribution in [0.4, 0.5) is 0 Å². The SMILES string of the molecule is CNN(CC(=O)O)C(=O)C1OC1C(=O)N(Cc1cccnc1)Cc1ccco1.CNN(CC(=O)O)C(=O)C1OC1C(=O)N(Cc1ccncc1)Cc1ccco1. The summed E-state index contributed by atoms with van der Waals surface area (Å²) in [7, 11) is 2.85. The number of aliphatic carboxylic acids is 2. The summed E-state index contributed by atoms with van der Waals surface area (Å²) in [5.41, 5.74) is 6.67. The monoisotopic (exact) mass is 776 g/mol. The summed E-state index contributed by atoms with van der Waals surface area (Å²) in [5.74, 6) is -3.15. The maximum Gasteiger partial charge on any atom is 0.324 e. The van der Waals surface area contributed by atoms with Gasteiger partial charge in [-0.25, -0.2) is 10.9 Å². The van der Waals surface area contributed by atoms with Crippen molar-refractivity contribution in [1.82, 2.24) is 40.6 Å². The predicted molar refractivity (Wildman–Crippen MR) is 189 cm³/mol. The molecule has 4 aromatic heterocycles. The van der Waals surface area contributed by atoms with Gasteiger partial charge < -0.3 is 38.3 Å². The molecular weight excluding hydrogens is 736 g/mol. The number of nitrogens with one attached hydrogen (secondary N) is 2. The summed E-state index contributed by atoms with van der Waals surface area (Å²) in [5, 5.41) is 19.5. The second kappa shape index (κ2) is 19.2. The third-order valence-corrected chi connectivity index (χ3v) is 8.31. The van der Waals surface area contributed by atoms with E-state index in [-0.39, 0.29) is 38.0 Å². The molecule has 0 radical (unpaired) electrons. The average molecular weight is 777 g/mol. The molecule has 4 unspecified atom stereocenters. The van der Waals surface area contributed by atoms with Crippen LogP contribution in [0.15, 0.2) is 94.7 Å². The van der Waals surface area contributed by atoms with Gasteiger partial charge in [0.1, 0.15) is 24.6 Å². The van der Waals surface area contributed by atoms with Gasteiger partial charge in [-0.05, 0) is 53.6 Å². The molecule has 0 aromatic carbocycles. The molecule has 20 nitrogen and oxygen atoms in total. The lowest BCUT2D eigenvalue weighted by molar-refractivity contribution is -0.147. The Bertz CT molecular complexity index is 1790. The van der Waals surface area contributed by atoms with E-state index in [0.717, 1.165) is 21.1 Å². The van der Waals surface area contributed by atoms with Crippen molar-refractivity contribution in [1.29, 1.82) is 0 Å². The number of pyridine rings is 2. The summed E-state index contributed by atoms with van der Waals surface area (Å²) >= 11 is 0. The third-order valence-electron chi connectivity index (χ3n) is 8.31. The molecule has 20 heteroatoms. The Hall–Kier alpha value is -6.48. The molecule has 0 spiro atoms. The minimum absolute atomic E-state index is 0.201. The molecule has 2 saturated heterocycles. The Morgan fingerprint density at radius 2 is 1.05 bits per heavy atom. The number of carboxylic acids is 2. The van der Waals surface area contributed by atoms with Crippen LogP contribution in [0.25, 0.3) is 0 Å². The van der Waals surface area contributed by atoms with E-state index >= 15 is 0 Å². The standard InChI is InChI=1S/2C18H20N4O6/c1-19-22(11-14(23)24)18(26)16-15(28-16)17(25)21(10-13-5-3-7-27-13)9-12-4-2-6-20-8-12;1-19-22(11-14(23)24)18(26)16-15(28-16)17(25)21(10-13-3-2-8-27-13)9-12-4-6-20-7-5-12/h2*2-8,15-16,19H,9-11H2,1H3,(H,23,24). The van der Waals surface area contributed by atoms with Gasteiger partial charge in [0.25, 0.3) is 23.6 Å². The summed E-state index contributed by atoms with van der Waals surface area (Å²) in [6.45, 7) is -0.121. The second-order valence-corrected chi connectivity index (χ2v) is 12.3. The molecular formula is C36H40N8O12. The lowest BCUT2D eigenvalue weighted by Crippen LogP contribution is -2.47. The molecule has 2 aliphatic rings. The minimum atomic E-state index is -1.18. The average Bonchev–Trinajstić information content (AvgIpc) is 4.05. The number of epoxide rings is 2. The molecule has 2 aliphatic heterocycles. The predicted octanol–water partition coefficient (Wildman–Crippen LogP) is 0.0368. The van der Waals surface area contributed by atoms with Crippen LogP contribution in [-0.2, 0) is 64.4 Å². The van der Waals surface area contributed by atoms with E-state index < -0.39 is 61.3 Å². The number of carbonyl (C=O) groups is 6. The highest BCUT2D eigenvalue weighted by Crippen LogP contribution is 2.29. The van der Waals surface area contributed by atoms with Gasteiger partial charge in [-0.3, -0.25) is 48.8 Å². The minimum Gasteiger partial charge on any atom is -0.480 e. The highest BCUT2D eigenvalue weighted by molar-refractivity contribution is 5.96. The van der Waals surface area contributed by atoms with E-state index in [1.54, 1.807) is 67.3 Å². The Morgan fingerprint density at radius 3 is 1.45 bits per heavy atom. The Labute approximate surface area is 319 Å². The van der Waals surface area contributed by atoms with Crippen molar-refractivity contribution in [3.63, 3.8) is 0 Å². The highest BCUT2D eigenvalue weighted by Gasteiger charge is 2.54. The second-order valence-electron chi connectivity index (χ2n) is 12.3. The van der Waals surface area contributed by atoms with Gasteiger partial charge in [0.2, 0.25) is 0 Å². The van der Waals surface area contributed by atoms with Crippen LogP contribution in [0.1, 0.15) is 22.6 Å². The Morgan fingerprint density at radius 1 is 0.589 bits per heavy atom. The number of aromatic nitrogens is 2. The zero-order chi connectivity index (χ0) is 40.2. The first kappa shape index (κ1) is 40.7. The summed E-state index contributed by atoms with van der Waals surface area (Å²) in [6.07, 6.45) is 5.59. The van der Waals surface area contributed by atoms with Crippen LogP contribution in [0.5, 0.6) is 0 Å². The zero-order valence-electron chi connectivity index (χ0n) is 30.3. The quantitative estimate of drug-likeness (QED) is 0.0768. The van der Waals surface area contributed by atoms with Gasteiger partial charge in [0.15, 0.2) is 24.4 Å². The molecule has 56 heavy (non-hydrogen) atoms. The topological polar surface area (TPSA) is 257 Å². The van der Waals surface area contributed by atoms with Crippen molar-refractivity contribution in [3.8, 4) is 0 Å². The van der Waals surface area contributed by atoms with Gasteiger partial charge >= 0.3 is 11.9 Å². The van der Waals surface area contributed by atoms with Crippen molar-refractivity contribution < 1.29 is 57.3 Å². The number of carboxylic acid groups (broad SMARTS) is 2. The maximum absolute atomic E-state index is 12.9. The molecule has 4 aromatic rings. The van der Waals surface area contributed by atoms with Crippen LogP contribution in [0, 0.1) is 0 Å². The molecule has 6 heterocycles. The van der Waals surface area contributed by atoms with E-state index in [9.17, 15) is 28.8 Å². The number of rotatable bonds is 18. The molecule has 2 fully saturated rings. The number of hydrogen-bond acceptors (Lipinski definition) is 14. The molecule has 0 saturated carbocycles. The zero-order valence-corrected chi connectivity index (χ0v) is 30.3. The Balaban J connectivity index is 0.000000214. The van der Waals surface area contributed by atoms with Crippen molar-refractivity contribution in [2.24, 2.45) is 0 Å². The van der Waals surface area contributed by atoms with Crippen molar-refractivity contribution in [2.45, 2.75) is 50.6 Å². The molecule has 6 rings (SSSR count). The first-order valence-electron chi connectivity index (χ1n) is 17.1. The number of hydrogen-bond donors (Lipinski definition) is 4. The molecule has 4 amide bonds. The first-order valence-corrected chi connectivity index (χ1v) is 17.1. The van der Waals surface area contributed by atoms with E-state index in [1.165, 1.54) is 36.4 Å². The number of ether oxygens (including phenoxy) is 2. The maximum atomic E-state index is 12.9. The van der Waals surface area contributed by atoms with Crippen molar-refractivity contribution in [2.75, 3.05) is 27.2 Å². The van der Waals surface area contributed by atoms with Crippen molar-refractivity contribution >= 4 is 35.6 Å². The van der Waals surface area contributed by atoms with Crippen LogP contribution in [-0.4, -0.2) is 127 Å². The van der Waals surface area contributed by atoms with E-state index in [1.807, 2.05) is 6.07 Å². The van der Waals surface area contributed by atoms with Gasteiger partial charge in [0.05, 0.1) is 25.6 Å². The molecule has 0 bridgehead atoms. The van der Waals surface area contributed by atoms with Gasteiger partial charge in [-0.15, -0.1) is 0 Å². The third kappa shape index (κ3) is 11.3. The van der Waals surface area contributed by atoms with Gasteiger partial charge in [-0.2, -0.15) is 0 Å². The lowest BCUT2D eigenvalue weighted by atomic mass is 10.2. The van der Waals surface area contributed by atoms with Crippen LogP contribution >= 0.6 is 0 Å². The summed E-state index contributed by atoms with van der Waals surface area (Å²) in [6, 6.07) is 14.1. The summed E-state index contributed by atoms with van der Waals surface area (Å²) in [4.78, 5) is 83.3. The van der Waals surface area contributed by atoms with E-state index in [4.69, 9.17) is 28.5 Å². The number of amides is 4. The summed E-state index contributed by atoms with van der Waals surface area (Å²) < 4.78 is 21.2.